The number of hydrazine groups is 1. The maximum absolute atomic E-state index is 12.0. The van der Waals surface area contributed by atoms with Gasteiger partial charge >= 0.3 is 0 Å². The topological polar surface area (TPSA) is 41.1 Å². The van der Waals surface area contributed by atoms with Crippen LogP contribution in [-0.2, 0) is 0 Å². The molecule has 0 aromatic heterocycles. The highest BCUT2D eigenvalue weighted by molar-refractivity contribution is 5.93. The maximum atomic E-state index is 12.0. The lowest BCUT2D eigenvalue weighted by Gasteiger charge is -2.23. The van der Waals surface area contributed by atoms with Gasteiger partial charge in [0, 0.05) is 5.56 Å². The van der Waals surface area contributed by atoms with Gasteiger partial charge in [0.15, 0.2) is 0 Å². The van der Waals surface area contributed by atoms with E-state index in [0.29, 0.717) is 11.5 Å². The Bertz CT molecular complexity index is 537. The Kier molecular flexibility index (Phi) is 4.91. The van der Waals surface area contributed by atoms with Crippen molar-refractivity contribution in [1.82, 2.24) is 10.9 Å². The van der Waals surface area contributed by atoms with E-state index in [4.69, 9.17) is 0 Å². The normalized spacial score (nSPS) is 12.2. The van der Waals surface area contributed by atoms with Gasteiger partial charge in [-0.25, -0.2) is 5.43 Å². The van der Waals surface area contributed by atoms with E-state index < -0.39 is 0 Å². The molecule has 2 N–H and O–H groups in total. The van der Waals surface area contributed by atoms with E-state index in [0.717, 1.165) is 5.56 Å². The van der Waals surface area contributed by atoms with Crippen LogP contribution in [0.5, 0.6) is 0 Å². The number of nitrogens with one attached hydrogen (secondary N) is 2. The van der Waals surface area contributed by atoms with E-state index in [2.05, 4.69) is 36.8 Å². The largest absolute Gasteiger partial charge is 0.287 e. The highest BCUT2D eigenvalue weighted by Crippen LogP contribution is 2.20. The molecular formula is C17H20N2O. The molecule has 0 aliphatic carbocycles. The molecule has 3 heteroatoms. The summed E-state index contributed by atoms with van der Waals surface area (Å²) in [6.45, 7) is 4.25. The Morgan fingerprint density at radius 3 is 2.00 bits per heavy atom. The van der Waals surface area contributed by atoms with E-state index in [1.54, 1.807) is 12.1 Å². The third kappa shape index (κ3) is 3.68. The first-order valence-corrected chi connectivity index (χ1v) is 6.84. The summed E-state index contributed by atoms with van der Waals surface area (Å²) in [7, 11) is 0. The molecule has 0 heterocycles. The second-order valence-corrected chi connectivity index (χ2v) is 5.10. The van der Waals surface area contributed by atoms with Crippen LogP contribution in [0, 0.1) is 5.92 Å². The van der Waals surface area contributed by atoms with Crippen molar-refractivity contribution in [3.63, 3.8) is 0 Å². The molecule has 0 aliphatic rings. The lowest BCUT2D eigenvalue weighted by Crippen LogP contribution is -2.41. The van der Waals surface area contributed by atoms with Crippen molar-refractivity contribution in [2.75, 3.05) is 0 Å². The summed E-state index contributed by atoms with van der Waals surface area (Å²) in [5, 5.41) is 0. The highest BCUT2D eigenvalue weighted by Gasteiger charge is 2.16. The van der Waals surface area contributed by atoms with Gasteiger partial charge in [-0.1, -0.05) is 62.4 Å². The SMILES string of the molecule is CC(C)[C@H](NNC(=O)c1ccccc1)c1ccccc1. The van der Waals surface area contributed by atoms with Gasteiger partial charge in [0.1, 0.15) is 0 Å². The number of hydrogen-bond acceptors (Lipinski definition) is 2. The van der Waals surface area contributed by atoms with Gasteiger partial charge in [-0.3, -0.25) is 10.2 Å². The van der Waals surface area contributed by atoms with Crippen molar-refractivity contribution in [3.05, 3.63) is 71.8 Å². The summed E-state index contributed by atoms with van der Waals surface area (Å²) >= 11 is 0. The first-order valence-electron chi connectivity index (χ1n) is 6.84. The molecule has 0 radical (unpaired) electrons. The average molecular weight is 268 g/mol. The first-order chi connectivity index (χ1) is 9.68. The molecule has 0 saturated heterocycles. The number of hydrogen-bond donors (Lipinski definition) is 2. The van der Waals surface area contributed by atoms with Crippen molar-refractivity contribution < 1.29 is 4.79 Å². The minimum absolute atomic E-state index is 0.0869. The maximum Gasteiger partial charge on any atom is 0.265 e. The van der Waals surface area contributed by atoms with Gasteiger partial charge in [-0.2, -0.15) is 0 Å². The van der Waals surface area contributed by atoms with Crippen molar-refractivity contribution in [2.45, 2.75) is 19.9 Å². The second kappa shape index (κ2) is 6.87. The van der Waals surface area contributed by atoms with Gasteiger partial charge in [-0.05, 0) is 23.6 Å². The second-order valence-electron chi connectivity index (χ2n) is 5.10. The quantitative estimate of drug-likeness (QED) is 0.817. The highest BCUT2D eigenvalue weighted by atomic mass is 16.2. The van der Waals surface area contributed by atoms with Crippen LogP contribution in [0.4, 0.5) is 0 Å². The minimum Gasteiger partial charge on any atom is -0.287 e. The Labute approximate surface area is 120 Å². The number of benzene rings is 2. The molecule has 0 spiro atoms. The van der Waals surface area contributed by atoms with E-state index in [1.807, 2.05) is 36.4 Å². The van der Waals surface area contributed by atoms with E-state index in [1.165, 1.54) is 0 Å². The molecule has 1 atom stereocenters. The Hall–Kier alpha value is -2.13. The molecule has 1 amide bonds. The number of amides is 1. The monoisotopic (exact) mass is 268 g/mol. The summed E-state index contributed by atoms with van der Waals surface area (Å²) < 4.78 is 0. The summed E-state index contributed by atoms with van der Waals surface area (Å²) in [6.07, 6.45) is 0. The third-order valence-electron chi connectivity index (χ3n) is 3.20. The molecule has 3 nitrogen and oxygen atoms in total. The molecule has 2 rings (SSSR count). The van der Waals surface area contributed by atoms with Crippen LogP contribution in [-0.4, -0.2) is 5.91 Å². The molecule has 2 aromatic carbocycles. The molecule has 0 saturated carbocycles. The zero-order valence-corrected chi connectivity index (χ0v) is 11.8. The number of carbonyl (C=O) groups excluding carboxylic acids is 1. The Morgan fingerprint density at radius 2 is 1.45 bits per heavy atom. The van der Waals surface area contributed by atoms with Crippen LogP contribution >= 0.6 is 0 Å². The van der Waals surface area contributed by atoms with Crippen LogP contribution in [0.15, 0.2) is 60.7 Å². The standard InChI is InChI=1S/C17H20N2O/c1-13(2)16(14-9-5-3-6-10-14)18-19-17(20)15-11-7-4-8-12-15/h3-13,16,18H,1-2H3,(H,19,20)/t16-/m0/s1. The predicted octanol–water partition coefficient (Wildman–Crippen LogP) is 3.32. The molecule has 0 fully saturated rings. The summed E-state index contributed by atoms with van der Waals surface area (Å²) in [5.74, 6) is 0.251. The molecule has 0 aliphatic heterocycles. The molecule has 2 aromatic rings. The van der Waals surface area contributed by atoms with Gasteiger partial charge in [0.25, 0.3) is 5.91 Å². The Balaban J connectivity index is 2.02. The molecule has 20 heavy (non-hydrogen) atoms. The zero-order chi connectivity index (χ0) is 14.4. The van der Waals surface area contributed by atoms with Gasteiger partial charge in [-0.15, -0.1) is 0 Å². The molecule has 0 bridgehead atoms. The molecular weight excluding hydrogens is 248 g/mol. The molecule has 0 unspecified atom stereocenters. The summed E-state index contributed by atoms with van der Waals surface area (Å²) in [6, 6.07) is 19.4. The van der Waals surface area contributed by atoms with Crippen LogP contribution in [0.2, 0.25) is 0 Å². The Morgan fingerprint density at radius 1 is 0.900 bits per heavy atom. The zero-order valence-electron chi connectivity index (χ0n) is 11.8. The van der Waals surface area contributed by atoms with Crippen LogP contribution in [0.3, 0.4) is 0 Å². The fraction of sp³-hybridized carbons (Fsp3) is 0.235. The third-order valence-corrected chi connectivity index (χ3v) is 3.20. The fourth-order valence-corrected chi connectivity index (χ4v) is 2.10. The van der Waals surface area contributed by atoms with E-state index in [-0.39, 0.29) is 11.9 Å². The molecule has 104 valence electrons. The number of carbonyl (C=O) groups is 1. The smallest absolute Gasteiger partial charge is 0.265 e. The lowest BCUT2D eigenvalue weighted by atomic mass is 9.97. The minimum atomic E-state index is -0.118. The average Bonchev–Trinajstić information content (AvgIpc) is 2.49. The summed E-state index contributed by atoms with van der Waals surface area (Å²) in [5.41, 5.74) is 7.74. The first kappa shape index (κ1) is 14.3. The van der Waals surface area contributed by atoms with E-state index in [9.17, 15) is 4.79 Å². The van der Waals surface area contributed by atoms with Crippen LogP contribution in [0.1, 0.15) is 35.8 Å². The van der Waals surface area contributed by atoms with Crippen LogP contribution < -0.4 is 10.9 Å². The van der Waals surface area contributed by atoms with Crippen molar-refractivity contribution in [3.8, 4) is 0 Å². The number of rotatable bonds is 5. The fourth-order valence-electron chi connectivity index (χ4n) is 2.10. The predicted molar refractivity (Wildman–Crippen MR) is 81.1 cm³/mol. The van der Waals surface area contributed by atoms with E-state index >= 15 is 0 Å². The van der Waals surface area contributed by atoms with Gasteiger partial charge in [0.2, 0.25) is 0 Å². The van der Waals surface area contributed by atoms with Crippen molar-refractivity contribution in [1.29, 1.82) is 0 Å². The van der Waals surface area contributed by atoms with Gasteiger partial charge in [0.05, 0.1) is 6.04 Å². The lowest BCUT2D eigenvalue weighted by molar-refractivity contribution is 0.0919. The van der Waals surface area contributed by atoms with Gasteiger partial charge < -0.3 is 0 Å². The van der Waals surface area contributed by atoms with Crippen molar-refractivity contribution in [2.24, 2.45) is 5.92 Å². The summed E-state index contributed by atoms with van der Waals surface area (Å²) in [4.78, 5) is 12.0. The van der Waals surface area contributed by atoms with Crippen LogP contribution in [0.25, 0.3) is 0 Å². The van der Waals surface area contributed by atoms with Crippen molar-refractivity contribution >= 4 is 5.91 Å².